The Hall–Kier alpha value is -2.08. The van der Waals surface area contributed by atoms with Crippen molar-refractivity contribution in [3.63, 3.8) is 0 Å². The molecule has 1 amide bonds. The van der Waals surface area contributed by atoms with E-state index in [-0.39, 0.29) is 17.3 Å². The average molecular weight is 291 g/mol. The van der Waals surface area contributed by atoms with Crippen LogP contribution in [0.1, 0.15) is 31.2 Å². The fourth-order valence-corrected chi connectivity index (χ4v) is 2.47. The Morgan fingerprint density at radius 2 is 2.10 bits per heavy atom. The third-order valence-corrected chi connectivity index (χ3v) is 3.93. The van der Waals surface area contributed by atoms with E-state index < -0.39 is 0 Å². The highest BCUT2D eigenvalue weighted by atomic mass is 16.5. The Labute approximate surface area is 124 Å². The molecule has 0 unspecified atom stereocenters. The molecule has 1 aliphatic rings. The van der Waals surface area contributed by atoms with Crippen molar-refractivity contribution in [2.24, 2.45) is 10.9 Å². The number of hydrogen-bond donors (Lipinski definition) is 3. The molecule has 1 aliphatic carbocycles. The zero-order chi connectivity index (χ0) is 15.3. The molecule has 0 saturated heterocycles. The molecule has 1 aromatic rings. The second-order valence-corrected chi connectivity index (χ2v) is 5.43. The topological polar surface area (TPSA) is 96.9 Å². The number of nitrogens with one attached hydrogen (secondary N) is 1. The number of amidine groups is 1. The number of ether oxygens (including phenoxy) is 1. The van der Waals surface area contributed by atoms with Crippen LogP contribution in [0.5, 0.6) is 0 Å². The summed E-state index contributed by atoms with van der Waals surface area (Å²) in [5.41, 5.74) is 6.82. The molecule has 6 heteroatoms. The van der Waals surface area contributed by atoms with E-state index in [4.69, 9.17) is 15.7 Å². The molecule has 0 bridgehead atoms. The molecular weight excluding hydrogens is 270 g/mol. The quantitative estimate of drug-likeness (QED) is 0.322. The van der Waals surface area contributed by atoms with Crippen LogP contribution in [0.4, 0.5) is 5.69 Å². The van der Waals surface area contributed by atoms with Gasteiger partial charge in [-0.15, -0.1) is 0 Å². The lowest BCUT2D eigenvalue weighted by atomic mass is 9.77. The fraction of sp³-hybridized carbons (Fsp3) is 0.467. The lowest BCUT2D eigenvalue weighted by Crippen LogP contribution is -2.42. The first-order chi connectivity index (χ1) is 10.1. The smallest absolute Gasteiger partial charge is 0.227 e. The van der Waals surface area contributed by atoms with E-state index >= 15 is 0 Å². The van der Waals surface area contributed by atoms with Crippen LogP contribution >= 0.6 is 0 Å². The Bertz CT molecular complexity index is 516. The number of benzene rings is 1. The van der Waals surface area contributed by atoms with Gasteiger partial charge in [-0.05, 0) is 37.0 Å². The van der Waals surface area contributed by atoms with Crippen LogP contribution in [0.3, 0.4) is 0 Å². The molecule has 0 heterocycles. The van der Waals surface area contributed by atoms with Gasteiger partial charge in [-0.3, -0.25) is 4.79 Å². The third-order valence-electron chi connectivity index (χ3n) is 3.93. The Balaban J connectivity index is 1.89. The maximum Gasteiger partial charge on any atom is 0.227 e. The zero-order valence-corrected chi connectivity index (χ0v) is 12.1. The maximum absolute atomic E-state index is 12.0. The minimum absolute atomic E-state index is 0.0410. The molecule has 6 nitrogen and oxygen atoms in total. The van der Waals surface area contributed by atoms with Crippen LogP contribution in [0.15, 0.2) is 29.4 Å². The molecule has 0 spiro atoms. The van der Waals surface area contributed by atoms with Gasteiger partial charge in [-0.25, -0.2) is 0 Å². The van der Waals surface area contributed by atoms with E-state index in [0.29, 0.717) is 12.8 Å². The van der Waals surface area contributed by atoms with Crippen molar-refractivity contribution in [1.82, 2.24) is 0 Å². The van der Waals surface area contributed by atoms with Gasteiger partial charge in [0.1, 0.15) is 5.84 Å². The number of nitrogens with two attached hydrogens (primary N) is 1. The molecule has 2 rings (SSSR count). The van der Waals surface area contributed by atoms with Gasteiger partial charge in [0.2, 0.25) is 5.91 Å². The van der Waals surface area contributed by atoms with Crippen LogP contribution in [-0.4, -0.2) is 29.7 Å². The summed E-state index contributed by atoms with van der Waals surface area (Å²) in [6.07, 6.45) is 3.75. The van der Waals surface area contributed by atoms with Gasteiger partial charge in [0, 0.05) is 19.2 Å². The molecule has 114 valence electrons. The lowest BCUT2D eigenvalue weighted by molar-refractivity contribution is -0.129. The lowest BCUT2D eigenvalue weighted by Gasteiger charge is -2.39. The molecule has 1 fully saturated rings. The second-order valence-electron chi connectivity index (χ2n) is 5.43. The minimum atomic E-state index is -0.268. The highest BCUT2D eigenvalue weighted by Crippen LogP contribution is 2.38. The zero-order valence-electron chi connectivity index (χ0n) is 12.1. The van der Waals surface area contributed by atoms with Crippen LogP contribution < -0.4 is 11.1 Å². The molecule has 21 heavy (non-hydrogen) atoms. The van der Waals surface area contributed by atoms with Crippen LogP contribution in [0, 0.1) is 0 Å². The number of methoxy groups -OCH3 is 1. The SMILES string of the molecule is COC1(CC(=O)Nc2ccc(C/C(N)=N/O)cc2)CCC1. The first-order valence-electron chi connectivity index (χ1n) is 6.97. The normalized spacial score (nSPS) is 17.1. The fourth-order valence-electron chi connectivity index (χ4n) is 2.47. The number of rotatable bonds is 6. The Kier molecular flexibility index (Phi) is 4.80. The van der Waals surface area contributed by atoms with Crippen LogP contribution in [0.25, 0.3) is 0 Å². The van der Waals surface area contributed by atoms with Crippen LogP contribution in [-0.2, 0) is 16.0 Å². The number of carbonyl (C=O) groups is 1. The number of anilines is 1. The number of oxime groups is 1. The largest absolute Gasteiger partial charge is 0.409 e. The number of amides is 1. The molecule has 0 radical (unpaired) electrons. The van der Waals surface area contributed by atoms with Crippen molar-refractivity contribution in [3.05, 3.63) is 29.8 Å². The predicted octanol–water partition coefficient (Wildman–Crippen LogP) is 1.87. The minimum Gasteiger partial charge on any atom is -0.409 e. The summed E-state index contributed by atoms with van der Waals surface area (Å²) in [5.74, 6) is 0.111. The van der Waals surface area contributed by atoms with Gasteiger partial charge in [-0.1, -0.05) is 17.3 Å². The third kappa shape index (κ3) is 3.95. The average Bonchev–Trinajstić information content (AvgIpc) is 2.45. The Morgan fingerprint density at radius 3 is 2.57 bits per heavy atom. The summed E-state index contributed by atoms with van der Waals surface area (Å²) in [6, 6.07) is 7.28. The monoisotopic (exact) mass is 291 g/mol. The van der Waals surface area contributed by atoms with Gasteiger partial charge >= 0.3 is 0 Å². The van der Waals surface area contributed by atoms with E-state index in [1.165, 1.54) is 0 Å². The highest BCUT2D eigenvalue weighted by molar-refractivity contribution is 5.91. The van der Waals surface area contributed by atoms with Crippen molar-refractivity contribution in [3.8, 4) is 0 Å². The summed E-state index contributed by atoms with van der Waals surface area (Å²) in [5, 5.41) is 14.3. The first-order valence-corrected chi connectivity index (χ1v) is 6.97. The summed E-state index contributed by atoms with van der Waals surface area (Å²) < 4.78 is 5.45. The van der Waals surface area contributed by atoms with Crippen molar-refractivity contribution in [1.29, 1.82) is 0 Å². The highest BCUT2D eigenvalue weighted by Gasteiger charge is 2.38. The van der Waals surface area contributed by atoms with Gasteiger partial charge in [0.25, 0.3) is 0 Å². The van der Waals surface area contributed by atoms with Crippen LogP contribution in [0.2, 0.25) is 0 Å². The standard InChI is InChI=1S/C15H21N3O3/c1-21-15(7-2-8-15)10-14(19)17-12-5-3-11(4-6-12)9-13(16)18-20/h3-6,20H,2,7-10H2,1H3,(H2,16,18)(H,17,19). The first kappa shape index (κ1) is 15.3. The van der Waals surface area contributed by atoms with Crippen molar-refractivity contribution < 1.29 is 14.7 Å². The number of hydrogen-bond acceptors (Lipinski definition) is 4. The molecule has 0 aromatic heterocycles. The van der Waals surface area contributed by atoms with E-state index in [1.807, 2.05) is 12.1 Å². The van der Waals surface area contributed by atoms with E-state index in [0.717, 1.165) is 30.5 Å². The van der Waals surface area contributed by atoms with Crippen molar-refractivity contribution in [2.45, 2.75) is 37.7 Å². The van der Waals surface area contributed by atoms with E-state index in [1.54, 1.807) is 19.2 Å². The van der Waals surface area contributed by atoms with Gasteiger partial charge in [0.05, 0.1) is 12.0 Å². The number of carbonyl (C=O) groups excluding carboxylic acids is 1. The summed E-state index contributed by atoms with van der Waals surface area (Å²) in [4.78, 5) is 12.0. The maximum atomic E-state index is 12.0. The van der Waals surface area contributed by atoms with Gasteiger partial charge in [-0.2, -0.15) is 0 Å². The summed E-state index contributed by atoms with van der Waals surface area (Å²) in [7, 11) is 1.66. The molecule has 0 aliphatic heterocycles. The molecule has 1 aromatic carbocycles. The molecule has 0 atom stereocenters. The van der Waals surface area contributed by atoms with Crippen molar-refractivity contribution >= 4 is 17.4 Å². The Morgan fingerprint density at radius 1 is 1.43 bits per heavy atom. The van der Waals surface area contributed by atoms with Gasteiger partial charge < -0.3 is 21.0 Å². The molecule has 4 N–H and O–H groups in total. The predicted molar refractivity (Wildman–Crippen MR) is 80.4 cm³/mol. The summed E-state index contributed by atoms with van der Waals surface area (Å²) in [6.45, 7) is 0. The van der Waals surface area contributed by atoms with E-state index in [2.05, 4.69) is 10.5 Å². The van der Waals surface area contributed by atoms with Crippen molar-refractivity contribution in [2.75, 3.05) is 12.4 Å². The number of nitrogens with zero attached hydrogens (tertiary/aromatic N) is 1. The van der Waals surface area contributed by atoms with Gasteiger partial charge in [0.15, 0.2) is 0 Å². The summed E-state index contributed by atoms with van der Waals surface area (Å²) >= 11 is 0. The molecular formula is C15H21N3O3. The molecule has 1 saturated carbocycles. The second kappa shape index (κ2) is 6.58. The van der Waals surface area contributed by atoms with E-state index in [9.17, 15) is 4.79 Å².